The molecule has 0 spiro atoms. The first-order valence-electron chi connectivity index (χ1n) is 13.4. The molecule has 0 saturated heterocycles. The van der Waals surface area contributed by atoms with E-state index < -0.39 is 18.0 Å². The molecular formula is C31H37F4N5. The Hall–Kier alpha value is -3.75. The number of allylic oxidation sites excluding steroid dienone is 8. The van der Waals surface area contributed by atoms with Gasteiger partial charge in [-0.05, 0) is 55.4 Å². The molecule has 0 bridgehead atoms. The molecule has 9 heteroatoms. The van der Waals surface area contributed by atoms with E-state index in [1.165, 1.54) is 0 Å². The summed E-state index contributed by atoms with van der Waals surface area (Å²) in [6.45, 7) is 9.98. The van der Waals surface area contributed by atoms with Crippen molar-refractivity contribution in [2.75, 3.05) is 5.32 Å². The summed E-state index contributed by atoms with van der Waals surface area (Å²) in [6.07, 6.45) is 5.78. The number of alkyl halides is 4. The van der Waals surface area contributed by atoms with E-state index in [1.807, 2.05) is 43.4 Å². The van der Waals surface area contributed by atoms with E-state index in [1.54, 1.807) is 26.0 Å². The number of nitrogens with zero attached hydrogens (tertiary/aromatic N) is 3. The molecule has 1 aromatic carbocycles. The van der Waals surface area contributed by atoms with Crippen molar-refractivity contribution in [2.24, 2.45) is 22.6 Å². The molecular weight excluding hydrogens is 518 g/mol. The Kier molecular flexibility index (Phi) is 10.4. The fourth-order valence-electron chi connectivity index (χ4n) is 4.12. The van der Waals surface area contributed by atoms with Crippen molar-refractivity contribution in [3.8, 4) is 0 Å². The largest absolute Gasteiger partial charge is 0.430 e. The van der Waals surface area contributed by atoms with Gasteiger partial charge in [0, 0.05) is 23.4 Å². The zero-order chi connectivity index (χ0) is 29.4. The summed E-state index contributed by atoms with van der Waals surface area (Å²) in [6, 6.07) is 7.15. The molecule has 0 aliphatic heterocycles. The van der Waals surface area contributed by atoms with Gasteiger partial charge in [0.25, 0.3) is 0 Å². The van der Waals surface area contributed by atoms with Crippen molar-refractivity contribution in [3.63, 3.8) is 0 Å². The summed E-state index contributed by atoms with van der Waals surface area (Å²) in [5, 5.41) is 3.35. The van der Waals surface area contributed by atoms with Crippen LogP contribution in [0.3, 0.4) is 0 Å². The monoisotopic (exact) mass is 555 g/mol. The maximum Gasteiger partial charge on any atom is 0.430 e. The molecule has 3 rings (SSSR count). The Labute approximate surface area is 233 Å². The molecule has 0 radical (unpaired) electrons. The predicted molar refractivity (Wildman–Crippen MR) is 155 cm³/mol. The maximum atomic E-state index is 14.8. The van der Waals surface area contributed by atoms with Gasteiger partial charge in [-0.1, -0.05) is 70.2 Å². The van der Waals surface area contributed by atoms with E-state index >= 15 is 0 Å². The molecule has 3 N–H and O–H groups in total. The highest BCUT2D eigenvalue weighted by Crippen LogP contribution is 2.37. The number of hydrogen-bond acceptors (Lipinski definition) is 5. The third-order valence-electron chi connectivity index (χ3n) is 6.21. The van der Waals surface area contributed by atoms with Crippen molar-refractivity contribution < 1.29 is 17.6 Å². The lowest BCUT2D eigenvalue weighted by atomic mass is 10.1. The second-order valence-corrected chi connectivity index (χ2v) is 10.3. The van der Waals surface area contributed by atoms with Gasteiger partial charge in [0.2, 0.25) is 0 Å². The van der Waals surface area contributed by atoms with Crippen LogP contribution >= 0.6 is 0 Å². The van der Waals surface area contributed by atoms with E-state index in [4.69, 9.17) is 10.7 Å². The maximum absolute atomic E-state index is 14.8. The number of nitrogens with one attached hydrogen (secondary N) is 1. The number of nitrogens with two attached hydrogens (primary N) is 1. The molecule has 1 aromatic heterocycles. The summed E-state index contributed by atoms with van der Waals surface area (Å²) in [4.78, 5) is 13.8. The molecule has 40 heavy (non-hydrogen) atoms. The van der Waals surface area contributed by atoms with Gasteiger partial charge < -0.3 is 11.1 Å². The summed E-state index contributed by atoms with van der Waals surface area (Å²) < 4.78 is 53.5. The molecule has 2 aromatic rings. The molecule has 1 aliphatic carbocycles. The van der Waals surface area contributed by atoms with E-state index in [2.05, 4.69) is 35.2 Å². The van der Waals surface area contributed by atoms with Gasteiger partial charge in [-0.3, -0.25) is 4.99 Å². The predicted octanol–water partition coefficient (Wildman–Crippen LogP) is 8.35. The van der Waals surface area contributed by atoms with Crippen molar-refractivity contribution in [2.45, 2.75) is 66.4 Å². The summed E-state index contributed by atoms with van der Waals surface area (Å²) in [5.41, 5.74) is 7.71. The lowest BCUT2D eigenvalue weighted by molar-refractivity contribution is -0.0925. The minimum absolute atomic E-state index is 0.235. The van der Waals surface area contributed by atoms with Crippen LogP contribution in [0.15, 0.2) is 71.4 Å². The zero-order valence-electron chi connectivity index (χ0n) is 23.6. The lowest BCUT2D eigenvalue weighted by Crippen LogP contribution is -2.21. The average molecular weight is 556 g/mol. The highest BCUT2D eigenvalue weighted by Gasteiger charge is 2.32. The van der Waals surface area contributed by atoms with E-state index in [-0.39, 0.29) is 17.5 Å². The summed E-state index contributed by atoms with van der Waals surface area (Å²) >= 11 is 0. The van der Waals surface area contributed by atoms with Gasteiger partial charge in [0.1, 0.15) is 17.7 Å². The van der Waals surface area contributed by atoms with E-state index in [0.717, 1.165) is 22.8 Å². The fourth-order valence-corrected chi connectivity index (χ4v) is 4.12. The van der Waals surface area contributed by atoms with Crippen LogP contribution in [0.1, 0.15) is 69.9 Å². The SMILES string of the molecule is C\C=C/C=C\C(=C\C(C)C)c1nc(NCc2ccc(N=C(/C=C(\N)C(F)(F)F)C(C)C)cc2)c2c(n1)C(F)CC2. The first kappa shape index (κ1) is 30.8. The Morgan fingerprint density at radius 1 is 1.12 bits per heavy atom. The van der Waals surface area contributed by atoms with Crippen LogP contribution in [0.25, 0.3) is 5.57 Å². The lowest BCUT2D eigenvalue weighted by Gasteiger charge is -2.14. The number of halogens is 4. The highest BCUT2D eigenvalue weighted by molar-refractivity contribution is 5.98. The van der Waals surface area contributed by atoms with Crippen molar-refractivity contribution in [3.05, 3.63) is 89.1 Å². The number of rotatable bonds is 10. The Balaban J connectivity index is 1.86. The van der Waals surface area contributed by atoms with Crippen LogP contribution in [-0.4, -0.2) is 21.9 Å². The third-order valence-corrected chi connectivity index (χ3v) is 6.21. The van der Waals surface area contributed by atoms with Crippen LogP contribution in [-0.2, 0) is 13.0 Å². The highest BCUT2D eigenvalue weighted by atomic mass is 19.4. The number of aliphatic imine (C=N–C) groups is 1. The molecule has 0 saturated carbocycles. The molecule has 1 aliphatic rings. The number of fused-ring (bicyclic) bond motifs is 1. The van der Waals surface area contributed by atoms with Crippen molar-refractivity contribution >= 4 is 22.8 Å². The second-order valence-electron chi connectivity index (χ2n) is 10.3. The van der Waals surface area contributed by atoms with Gasteiger partial charge >= 0.3 is 6.18 Å². The van der Waals surface area contributed by atoms with Crippen LogP contribution in [0.2, 0.25) is 0 Å². The minimum atomic E-state index is -4.61. The third kappa shape index (κ3) is 8.37. The first-order chi connectivity index (χ1) is 18.9. The summed E-state index contributed by atoms with van der Waals surface area (Å²) in [7, 11) is 0. The molecule has 1 heterocycles. The fraction of sp³-hybridized carbons (Fsp3) is 0.387. The molecule has 1 unspecified atom stereocenters. The van der Waals surface area contributed by atoms with E-state index in [0.29, 0.717) is 42.4 Å². The van der Waals surface area contributed by atoms with Crippen molar-refractivity contribution in [1.82, 2.24) is 9.97 Å². The topological polar surface area (TPSA) is 76.2 Å². The Morgan fingerprint density at radius 2 is 1.82 bits per heavy atom. The Bertz CT molecular complexity index is 1320. The first-order valence-corrected chi connectivity index (χ1v) is 13.4. The molecule has 214 valence electrons. The number of benzene rings is 1. The van der Waals surface area contributed by atoms with Crippen LogP contribution < -0.4 is 11.1 Å². The normalized spacial score (nSPS) is 17.1. The summed E-state index contributed by atoms with van der Waals surface area (Å²) in [5.74, 6) is 1.07. The van der Waals surface area contributed by atoms with Crippen LogP contribution in [0, 0.1) is 11.8 Å². The Morgan fingerprint density at radius 3 is 2.42 bits per heavy atom. The van der Waals surface area contributed by atoms with Crippen molar-refractivity contribution in [1.29, 1.82) is 0 Å². The smallest absolute Gasteiger partial charge is 0.395 e. The van der Waals surface area contributed by atoms with E-state index in [9.17, 15) is 17.6 Å². The zero-order valence-corrected chi connectivity index (χ0v) is 23.6. The van der Waals surface area contributed by atoms with Gasteiger partial charge in [0.15, 0.2) is 5.82 Å². The van der Waals surface area contributed by atoms with Gasteiger partial charge in [-0.25, -0.2) is 14.4 Å². The van der Waals surface area contributed by atoms with Gasteiger partial charge in [-0.15, -0.1) is 0 Å². The minimum Gasteiger partial charge on any atom is -0.395 e. The standard InChI is InChI=1S/C31H37F4N5/c1-6-7-8-9-22(16-19(2)3)29-39-28-24(14-15-25(28)32)30(40-29)37-18-21-10-12-23(13-11-21)38-26(20(4)5)17-27(36)31(33,34)35/h6-13,16-17,19-20,25H,14-15,18,36H2,1-5H3,(H,37,39,40)/b7-6-,9-8-,22-16-,27-17-,38-26?. The molecule has 5 nitrogen and oxygen atoms in total. The van der Waals surface area contributed by atoms with Gasteiger partial charge in [0.05, 0.1) is 11.4 Å². The molecule has 0 fully saturated rings. The average Bonchev–Trinajstić information content (AvgIpc) is 3.27. The van der Waals surface area contributed by atoms with Crippen LogP contribution in [0.4, 0.5) is 29.1 Å². The number of anilines is 1. The second kappa shape index (κ2) is 13.5. The number of aromatic nitrogens is 2. The molecule has 1 atom stereocenters. The number of hydrogen-bond donors (Lipinski definition) is 2. The van der Waals surface area contributed by atoms with Gasteiger partial charge in [-0.2, -0.15) is 13.2 Å². The molecule has 0 amide bonds. The van der Waals surface area contributed by atoms with Crippen LogP contribution in [0.5, 0.6) is 0 Å². The quantitative estimate of drug-likeness (QED) is 0.175.